The SMILES string of the molecule is C[N+](C)(C)CCc1ccc(CC[N+](C)(C)C)cc1. The molecule has 0 aliphatic heterocycles. The van der Waals surface area contributed by atoms with Gasteiger partial charge in [0.05, 0.1) is 55.4 Å². The first kappa shape index (κ1) is 15.2. The van der Waals surface area contributed by atoms with Crippen molar-refractivity contribution in [2.75, 3.05) is 55.4 Å². The first-order valence-electron chi connectivity index (χ1n) is 6.84. The van der Waals surface area contributed by atoms with Crippen LogP contribution in [0.5, 0.6) is 0 Å². The van der Waals surface area contributed by atoms with Gasteiger partial charge in [-0.1, -0.05) is 24.3 Å². The van der Waals surface area contributed by atoms with E-state index in [1.165, 1.54) is 37.1 Å². The molecule has 1 rings (SSSR count). The molecule has 1 aromatic carbocycles. The van der Waals surface area contributed by atoms with Gasteiger partial charge < -0.3 is 8.97 Å². The Morgan fingerprint density at radius 2 is 0.889 bits per heavy atom. The smallest absolute Gasteiger partial charge is 0.0821 e. The van der Waals surface area contributed by atoms with Crippen LogP contribution in [0.4, 0.5) is 0 Å². The first-order chi connectivity index (χ1) is 8.16. The monoisotopic (exact) mass is 250 g/mol. The predicted octanol–water partition coefficient (Wildman–Crippen LogP) is 2.18. The van der Waals surface area contributed by atoms with Gasteiger partial charge >= 0.3 is 0 Å². The average Bonchev–Trinajstić information content (AvgIpc) is 2.23. The third-order valence-corrected chi connectivity index (χ3v) is 3.17. The Morgan fingerprint density at radius 3 is 1.11 bits per heavy atom. The van der Waals surface area contributed by atoms with E-state index in [1.807, 2.05) is 0 Å². The summed E-state index contributed by atoms with van der Waals surface area (Å²) < 4.78 is 2.06. The average molecular weight is 250 g/mol. The van der Waals surface area contributed by atoms with Gasteiger partial charge in [0.1, 0.15) is 0 Å². The van der Waals surface area contributed by atoms with Crippen LogP contribution in [0.15, 0.2) is 24.3 Å². The van der Waals surface area contributed by atoms with E-state index in [-0.39, 0.29) is 0 Å². The van der Waals surface area contributed by atoms with E-state index in [0.717, 1.165) is 8.97 Å². The molecular formula is C16H30N2+2. The number of likely N-dealkylation sites (N-methyl/N-ethyl adjacent to an activating group) is 2. The third-order valence-electron chi connectivity index (χ3n) is 3.17. The van der Waals surface area contributed by atoms with Crippen LogP contribution in [-0.4, -0.2) is 64.3 Å². The summed E-state index contributed by atoms with van der Waals surface area (Å²) >= 11 is 0. The minimum Gasteiger partial charge on any atom is -0.331 e. The van der Waals surface area contributed by atoms with Gasteiger partial charge in [-0.3, -0.25) is 0 Å². The van der Waals surface area contributed by atoms with E-state index >= 15 is 0 Å². The summed E-state index contributed by atoms with van der Waals surface area (Å²) in [4.78, 5) is 0. The molecular weight excluding hydrogens is 220 g/mol. The lowest BCUT2D eigenvalue weighted by molar-refractivity contribution is -0.870. The fraction of sp³-hybridized carbons (Fsp3) is 0.625. The molecule has 102 valence electrons. The van der Waals surface area contributed by atoms with Crippen molar-refractivity contribution in [3.05, 3.63) is 35.4 Å². The van der Waals surface area contributed by atoms with Crippen molar-refractivity contribution in [2.45, 2.75) is 12.8 Å². The lowest BCUT2D eigenvalue weighted by Gasteiger charge is -2.24. The van der Waals surface area contributed by atoms with Crippen LogP contribution < -0.4 is 0 Å². The molecule has 0 heterocycles. The largest absolute Gasteiger partial charge is 0.331 e. The Balaban J connectivity index is 2.48. The Bertz CT molecular complexity index is 315. The number of rotatable bonds is 6. The molecule has 0 atom stereocenters. The zero-order valence-corrected chi connectivity index (χ0v) is 13.0. The van der Waals surface area contributed by atoms with Crippen molar-refractivity contribution < 1.29 is 8.97 Å². The lowest BCUT2D eigenvalue weighted by atomic mass is 10.1. The van der Waals surface area contributed by atoms with Crippen molar-refractivity contribution in [1.82, 2.24) is 0 Å². The molecule has 0 radical (unpaired) electrons. The van der Waals surface area contributed by atoms with Gasteiger partial charge in [0.15, 0.2) is 0 Å². The Labute approximate surface area is 113 Å². The standard InChI is InChI=1S/C16H30N2/c1-17(2,3)13-11-15-7-9-16(10-8-15)12-14-18(4,5)6/h7-10H,11-14H2,1-6H3/q+2. The van der Waals surface area contributed by atoms with Crippen molar-refractivity contribution in [3.63, 3.8) is 0 Å². The summed E-state index contributed by atoms with van der Waals surface area (Å²) in [5.41, 5.74) is 2.91. The third kappa shape index (κ3) is 6.77. The molecule has 0 aromatic heterocycles. The molecule has 2 nitrogen and oxygen atoms in total. The quantitative estimate of drug-likeness (QED) is 0.679. The summed E-state index contributed by atoms with van der Waals surface area (Å²) in [6.07, 6.45) is 2.33. The molecule has 0 saturated carbocycles. The fourth-order valence-electron chi connectivity index (χ4n) is 1.80. The number of benzene rings is 1. The Hall–Kier alpha value is -0.860. The zero-order valence-electron chi connectivity index (χ0n) is 13.0. The van der Waals surface area contributed by atoms with Crippen LogP contribution in [0.3, 0.4) is 0 Å². The van der Waals surface area contributed by atoms with Gasteiger partial charge in [0, 0.05) is 12.8 Å². The first-order valence-corrected chi connectivity index (χ1v) is 6.84. The Morgan fingerprint density at radius 1 is 0.611 bits per heavy atom. The second kappa shape index (κ2) is 5.85. The van der Waals surface area contributed by atoms with Crippen LogP contribution in [0, 0.1) is 0 Å². The lowest BCUT2D eigenvalue weighted by Crippen LogP contribution is -2.36. The molecule has 0 fully saturated rings. The molecule has 2 heteroatoms. The van der Waals surface area contributed by atoms with Crippen LogP contribution in [0.25, 0.3) is 0 Å². The van der Waals surface area contributed by atoms with Crippen LogP contribution in [-0.2, 0) is 12.8 Å². The maximum atomic E-state index is 2.29. The van der Waals surface area contributed by atoms with Gasteiger partial charge in [0.25, 0.3) is 0 Å². The topological polar surface area (TPSA) is 0 Å². The maximum Gasteiger partial charge on any atom is 0.0821 e. The number of hydrogen-bond acceptors (Lipinski definition) is 0. The van der Waals surface area contributed by atoms with Crippen molar-refractivity contribution >= 4 is 0 Å². The molecule has 1 aromatic rings. The molecule has 0 N–H and O–H groups in total. The highest BCUT2D eigenvalue weighted by atomic mass is 15.3. The highest BCUT2D eigenvalue weighted by molar-refractivity contribution is 5.22. The minimum absolute atomic E-state index is 1.03. The van der Waals surface area contributed by atoms with Crippen LogP contribution in [0.1, 0.15) is 11.1 Å². The Kier molecular flexibility index (Phi) is 4.94. The van der Waals surface area contributed by atoms with E-state index in [4.69, 9.17) is 0 Å². The van der Waals surface area contributed by atoms with Gasteiger partial charge in [-0.2, -0.15) is 0 Å². The zero-order chi connectivity index (χ0) is 13.8. The van der Waals surface area contributed by atoms with Crippen LogP contribution in [0.2, 0.25) is 0 Å². The maximum absolute atomic E-state index is 2.29. The second-order valence-corrected chi connectivity index (χ2v) is 7.34. The van der Waals surface area contributed by atoms with Crippen molar-refractivity contribution in [2.24, 2.45) is 0 Å². The molecule has 0 spiro atoms. The van der Waals surface area contributed by atoms with Crippen molar-refractivity contribution in [1.29, 1.82) is 0 Å². The summed E-state index contributed by atoms with van der Waals surface area (Å²) in [5.74, 6) is 0. The molecule has 0 unspecified atom stereocenters. The van der Waals surface area contributed by atoms with Gasteiger partial charge in [0.2, 0.25) is 0 Å². The normalized spacial score (nSPS) is 12.8. The minimum atomic E-state index is 1.03. The number of quaternary nitrogens is 2. The second-order valence-electron chi connectivity index (χ2n) is 7.34. The summed E-state index contributed by atoms with van der Waals surface area (Å²) in [6, 6.07) is 9.17. The molecule has 0 saturated heterocycles. The molecule has 0 amide bonds. The van der Waals surface area contributed by atoms with Gasteiger partial charge in [-0.25, -0.2) is 0 Å². The molecule has 0 aliphatic rings. The number of nitrogens with zero attached hydrogens (tertiary/aromatic N) is 2. The van der Waals surface area contributed by atoms with E-state index in [2.05, 4.69) is 66.6 Å². The van der Waals surface area contributed by atoms with Crippen molar-refractivity contribution in [3.8, 4) is 0 Å². The van der Waals surface area contributed by atoms with Crippen LogP contribution >= 0.6 is 0 Å². The highest BCUT2D eigenvalue weighted by Crippen LogP contribution is 2.08. The number of hydrogen-bond donors (Lipinski definition) is 0. The van der Waals surface area contributed by atoms with E-state index < -0.39 is 0 Å². The summed E-state index contributed by atoms with van der Waals surface area (Å²) in [5, 5.41) is 0. The van der Waals surface area contributed by atoms with E-state index in [9.17, 15) is 0 Å². The van der Waals surface area contributed by atoms with Gasteiger partial charge in [-0.05, 0) is 11.1 Å². The highest BCUT2D eigenvalue weighted by Gasteiger charge is 2.08. The molecule has 0 bridgehead atoms. The summed E-state index contributed by atoms with van der Waals surface area (Å²) in [6.45, 7) is 2.39. The van der Waals surface area contributed by atoms with Gasteiger partial charge in [-0.15, -0.1) is 0 Å². The van der Waals surface area contributed by atoms with E-state index in [0.29, 0.717) is 0 Å². The molecule has 0 aliphatic carbocycles. The fourth-order valence-corrected chi connectivity index (χ4v) is 1.80. The predicted molar refractivity (Wildman–Crippen MR) is 79.6 cm³/mol. The molecule has 18 heavy (non-hydrogen) atoms. The summed E-state index contributed by atoms with van der Waals surface area (Å²) in [7, 11) is 13.5. The van der Waals surface area contributed by atoms with E-state index in [1.54, 1.807) is 0 Å².